The van der Waals surface area contributed by atoms with Gasteiger partial charge in [0.15, 0.2) is 0 Å². The number of aliphatic hydroxyl groups is 1. The van der Waals surface area contributed by atoms with E-state index in [0.29, 0.717) is 37.4 Å². The molecular formula is C15H24FNO3. The summed E-state index contributed by atoms with van der Waals surface area (Å²) < 4.78 is 23.5. The molecule has 0 radical (unpaired) electrons. The van der Waals surface area contributed by atoms with E-state index < -0.39 is 6.10 Å². The summed E-state index contributed by atoms with van der Waals surface area (Å²) >= 11 is 0. The van der Waals surface area contributed by atoms with E-state index >= 15 is 0 Å². The van der Waals surface area contributed by atoms with Crippen LogP contribution in [0.25, 0.3) is 0 Å². The number of halogens is 1. The standard InChI is InChI=1S/C15H24FNO3/c1-11-6-13(7-12(2)15(11)16)8-17-9-14(18)10-20-5-4-19-3/h6-7,14,17-18H,4-5,8-10H2,1-3H3. The summed E-state index contributed by atoms with van der Waals surface area (Å²) in [6.45, 7) is 5.81. The first kappa shape index (κ1) is 17.0. The third kappa shape index (κ3) is 5.96. The fraction of sp³-hybridized carbons (Fsp3) is 0.600. The molecule has 2 N–H and O–H groups in total. The molecule has 0 aliphatic rings. The van der Waals surface area contributed by atoms with Gasteiger partial charge in [0.1, 0.15) is 5.82 Å². The maximum absolute atomic E-state index is 13.5. The lowest BCUT2D eigenvalue weighted by Crippen LogP contribution is -2.30. The Morgan fingerprint density at radius 2 is 1.90 bits per heavy atom. The molecule has 0 aromatic heterocycles. The highest BCUT2D eigenvalue weighted by Gasteiger charge is 2.06. The molecule has 20 heavy (non-hydrogen) atoms. The van der Waals surface area contributed by atoms with Crippen molar-refractivity contribution >= 4 is 0 Å². The maximum Gasteiger partial charge on any atom is 0.129 e. The molecule has 1 atom stereocenters. The van der Waals surface area contributed by atoms with Crippen molar-refractivity contribution in [2.24, 2.45) is 0 Å². The number of benzene rings is 1. The Labute approximate surface area is 119 Å². The number of methoxy groups -OCH3 is 1. The average Bonchev–Trinajstić information content (AvgIpc) is 2.41. The summed E-state index contributed by atoms with van der Waals surface area (Å²) in [6, 6.07) is 3.63. The van der Waals surface area contributed by atoms with Crippen molar-refractivity contribution in [3.8, 4) is 0 Å². The second-order valence-corrected chi connectivity index (χ2v) is 4.90. The minimum Gasteiger partial charge on any atom is -0.389 e. The van der Waals surface area contributed by atoms with E-state index in [1.54, 1.807) is 21.0 Å². The van der Waals surface area contributed by atoms with Gasteiger partial charge in [-0.05, 0) is 30.5 Å². The molecule has 0 aliphatic heterocycles. The summed E-state index contributed by atoms with van der Waals surface area (Å²) in [5.41, 5.74) is 2.30. The molecule has 1 aromatic rings. The summed E-state index contributed by atoms with van der Waals surface area (Å²) in [7, 11) is 1.61. The Kier molecular flexibility index (Phi) is 7.69. The highest BCUT2D eigenvalue weighted by molar-refractivity contribution is 5.30. The molecule has 1 unspecified atom stereocenters. The Morgan fingerprint density at radius 1 is 1.25 bits per heavy atom. The Hall–Kier alpha value is -1.01. The lowest BCUT2D eigenvalue weighted by Gasteiger charge is -2.13. The minimum absolute atomic E-state index is 0.152. The second-order valence-electron chi connectivity index (χ2n) is 4.90. The number of rotatable bonds is 9. The van der Waals surface area contributed by atoms with Gasteiger partial charge in [0.2, 0.25) is 0 Å². The van der Waals surface area contributed by atoms with Gasteiger partial charge in [-0.1, -0.05) is 12.1 Å². The zero-order chi connectivity index (χ0) is 15.0. The molecule has 4 nitrogen and oxygen atoms in total. The molecule has 5 heteroatoms. The van der Waals surface area contributed by atoms with Crippen LogP contribution < -0.4 is 5.32 Å². The number of nitrogens with one attached hydrogen (secondary N) is 1. The zero-order valence-electron chi connectivity index (χ0n) is 12.4. The molecule has 0 saturated heterocycles. The third-order valence-electron chi connectivity index (χ3n) is 2.95. The fourth-order valence-corrected chi connectivity index (χ4v) is 1.94. The van der Waals surface area contributed by atoms with Crippen LogP contribution in [0.5, 0.6) is 0 Å². The van der Waals surface area contributed by atoms with E-state index in [2.05, 4.69) is 5.32 Å². The molecule has 0 spiro atoms. The SMILES string of the molecule is COCCOCC(O)CNCc1cc(C)c(F)c(C)c1. The highest BCUT2D eigenvalue weighted by Crippen LogP contribution is 2.14. The van der Waals surface area contributed by atoms with Gasteiger partial charge in [-0.25, -0.2) is 4.39 Å². The number of hydrogen-bond acceptors (Lipinski definition) is 4. The summed E-state index contributed by atoms with van der Waals surface area (Å²) in [6.07, 6.45) is -0.561. The first-order chi connectivity index (χ1) is 9.54. The zero-order valence-corrected chi connectivity index (χ0v) is 12.4. The Balaban J connectivity index is 2.26. The molecule has 114 valence electrons. The van der Waals surface area contributed by atoms with Crippen LogP contribution in [0.4, 0.5) is 4.39 Å². The van der Waals surface area contributed by atoms with Gasteiger partial charge >= 0.3 is 0 Å². The summed E-state index contributed by atoms with van der Waals surface area (Å²) in [5, 5.41) is 12.8. The lowest BCUT2D eigenvalue weighted by molar-refractivity contribution is 0.0137. The van der Waals surface area contributed by atoms with E-state index in [9.17, 15) is 9.50 Å². The molecule has 0 saturated carbocycles. The van der Waals surface area contributed by atoms with E-state index in [4.69, 9.17) is 9.47 Å². The van der Waals surface area contributed by atoms with E-state index in [-0.39, 0.29) is 12.4 Å². The quantitative estimate of drug-likeness (QED) is 0.676. The average molecular weight is 285 g/mol. The Morgan fingerprint density at radius 3 is 2.50 bits per heavy atom. The molecule has 1 aromatic carbocycles. The maximum atomic E-state index is 13.5. The molecule has 0 aliphatic carbocycles. The molecule has 0 fully saturated rings. The van der Waals surface area contributed by atoms with Crippen molar-refractivity contribution < 1.29 is 19.0 Å². The first-order valence-electron chi connectivity index (χ1n) is 6.75. The van der Waals surface area contributed by atoms with Gasteiger partial charge in [-0.2, -0.15) is 0 Å². The van der Waals surface area contributed by atoms with Crippen molar-refractivity contribution in [1.82, 2.24) is 5.32 Å². The normalized spacial score (nSPS) is 12.7. The van der Waals surface area contributed by atoms with Crippen LogP contribution in [0.1, 0.15) is 16.7 Å². The number of aryl methyl sites for hydroxylation is 2. The molecule has 0 heterocycles. The van der Waals surface area contributed by atoms with Crippen LogP contribution in [0.2, 0.25) is 0 Å². The van der Waals surface area contributed by atoms with Crippen LogP contribution in [-0.4, -0.2) is 44.7 Å². The molecule has 0 bridgehead atoms. The number of hydrogen-bond donors (Lipinski definition) is 2. The van der Waals surface area contributed by atoms with Gasteiger partial charge in [0.05, 0.1) is 25.9 Å². The van der Waals surface area contributed by atoms with Gasteiger partial charge in [0, 0.05) is 20.2 Å². The topological polar surface area (TPSA) is 50.7 Å². The van der Waals surface area contributed by atoms with Crippen molar-refractivity contribution in [2.75, 3.05) is 33.5 Å². The largest absolute Gasteiger partial charge is 0.389 e. The van der Waals surface area contributed by atoms with Gasteiger partial charge in [-0.3, -0.25) is 0 Å². The van der Waals surface area contributed by atoms with Crippen molar-refractivity contribution in [3.63, 3.8) is 0 Å². The van der Waals surface area contributed by atoms with Crippen LogP contribution in [0.3, 0.4) is 0 Å². The second kappa shape index (κ2) is 9.02. The van der Waals surface area contributed by atoms with Crippen LogP contribution in [0, 0.1) is 19.7 Å². The Bertz CT molecular complexity index is 389. The molecule has 1 rings (SSSR count). The van der Waals surface area contributed by atoms with Crippen molar-refractivity contribution in [3.05, 3.63) is 34.6 Å². The van der Waals surface area contributed by atoms with Crippen LogP contribution in [0.15, 0.2) is 12.1 Å². The van der Waals surface area contributed by atoms with Crippen molar-refractivity contribution in [1.29, 1.82) is 0 Å². The van der Waals surface area contributed by atoms with E-state index in [1.807, 2.05) is 12.1 Å². The summed E-state index contributed by atoms with van der Waals surface area (Å²) in [4.78, 5) is 0. The fourth-order valence-electron chi connectivity index (χ4n) is 1.94. The van der Waals surface area contributed by atoms with Crippen molar-refractivity contribution in [2.45, 2.75) is 26.5 Å². The predicted molar refractivity (Wildman–Crippen MR) is 76.3 cm³/mol. The molecule has 0 amide bonds. The highest BCUT2D eigenvalue weighted by atomic mass is 19.1. The van der Waals surface area contributed by atoms with Crippen LogP contribution in [-0.2, 0) is 16.0 Å². The van der Waals surface area contributed by atoms with E-state index in [1.165, 1.54) is 0 Å². The smallest absolute Gasteiger partial charge is 0.129 e. The number of ether oxygens (including phenoxy) is 2. The third-order valence-corrected chi connectivity index (χ3v) is 2.95. The molecular weight excluding hydrogens is 261 g/mol. The summed E-state index contributed by atoms with van der Waals surface area (Å²) in [5.74, 6) is -0.152. The van der Waals surface area contributed by atoms with Crippen LogP contribution >= 0.6 is 0 Å². The van der Waals surface area contributed by atoms with Gasteiger partial charge in [0.25, 0.3) is 0 Å². The number of aliphatic hydroxyl groups excluding tert-OH is 1. The first-order valence-corrected chi connectivity index (χ1v) is 6.75. The van der Waals surface area contributed by atoms with Gasteiger partial charge < -0.3 is 19.9 Å². The minimum atomic E-state index is -0.561. The van der Waals surface area contributed by atoms with Gasteiger partial charge in [-0.15, -0.1) is 0 Å². The van der Waals surface area contributed by atoms with E-state index in [0.717, 1.165) is 5.56 Å². The predicted octanol–water partition coefficient (Wildman–Crippen LogP) is 1.56. The monoisotopic (exact) mass is 285 g/mol. The lowest BCUT2D eigenvalue weighted by atomic mass is 10.1.